The van der Waals surface area contributed by atoms with E-state index in [1.807, 2.05) is 0 Å². The molecule has 1 rings (SSSR count). The van der Waals surface area contributed by atoms with Crippen molar-refractivity contribution in [3.8, 4) is 0 Å². The van der Waals surface area contributed by atoms with Gasteiger partial charge in [-0.05, 0) is 32.1 Å². The Balaban J connectivity index is 2.12. The van der Waals surface area contributed by atoms with Crippen LogP contribution in [0, 0.1) is 5.92 Å². The molecule has 0 aromatic carbocycles. The molecular weight excluding hydrogens is 190 g/mol. The Morgan fingerprint density at radius 3 is 2.73 bits per heavy atom. The fourth-order valence-corrected chi connectivity index (χ4v) is 1.66. The molecule has 15 heavy (non-hydrogen) atoms. The van der Waals surface area contributed by atoms with E-state index >= 15 is 0 Å². The number of carbonyl (C=O) groups is 1. The first-order valence-electron chi connectivity index (χ1n) is 6.00. The molecular formula is C12H23NO2. The Labute approximate surface area is 92.6 Å². The quantitative estimate of drug-likeness (QED) is 0.759. The van der Waals surface area contributed by atoms with Gasteiger partial charge in [-0.3, -0.25) is 4.79 Å². The summed E-state index contributed by atoms with van der Waals surface area (Å²) in [4.78, 5) is 11.5. The van der Waals surface area contributed by atoms with Crippen molar-refractivity contribution in [2.75, 3.05) is 6.61 Å². The lowest BCUT2D eigenvalue weighted by atomic mass is 10.1. The third-order valence-corrected chi connectivity index (χ3v) is 3.11. The second-order valence-electron chi connectivity index (χ2n) is 4.77. The van der Waals surface area contributed by atoms with Gasteiger partial charge in [0.25, 0.3) is 0 Å². The van der Waals surface area contributed by atoms with Crippen molar-refractivity contribution in [2.45, 2.75) is 58.6 Å². The molecule has 88 valence electrons. The van der Waals surface area contributed by atoms with Gasteiger partial charge in [0, 0.05) is 19.1 Å². The Morgan fingerprint density at radius 1 is 1.47 bits per heavy atom. The van der Waals surface area contributed by atoms with E-state index in [2.05, 4.69) is 26.1 Å². The van der Waals surface area contributed by atoms with Crippen molar-refractivity contribution in [3.05, 3.63) is 0 Å². The van der Waals surface area contributed by atoms with E-state index < -0.39 is 0 Å². The monoisotopic (exact) mass is 213 g/mol. The topological polar surface area (TPSA) is 38.3 Å². The third kappa shape index (κ3) is 4.65. The summed E-state index contributed by atoms with van der Waals surface area (Å²) in [6.45, 7) is 7.15. The maximum Gasteiger partial charge on any atom is 0.220 e. The normalized spacial score (nSPS) is 23.1. The predicted octanol–water partition coefficient (Wildman–Crippen LogP) is 2.11. The lowest BCUT2D eigenvalue weighted by Gasteiger charge is -2.18. The molecule has 0 aromatic rings. The molecule has 0 radical (unpaired) electrons. The van der Waals surface area contributed by atoms with Gasteiger partial charge in [0.2, 0.25) is 5.91 Å². The molecule has 1 aliphatic rings. The van der Waals surface area contributed by atoms with Crippen LogP contribution in [-0.2, 0) is 9.53 Å². The Hall–Kier alpha value is -0.570. The molecule has 1 aliphatic heterocycles. The molecule has 2 atom stereocenters. The van der Waals surface area contributed by atoms with Gasteiger partial charge >= 0.3 is 0 Å². The zero-order chi connectivity index (χ0) is 11.3. The van der Waals surface area contributed by atoms with E-state index in [0.717, 1.165) is 25.9 Å². The maximum atomic E-state index is 11.5. The van der Waals surface area contributed by atoms with Crippen LogP contribution in [0.5, 0.6) is 0 Å². The van der Waals surface area contributed by atoms with Crippen molar-refractivity contribution in [3.63, 3.8) is 0 Å². The zero-order valence-electron chi connectivity index (χ0n) is 10.1. The second kappa shape index (κ2) is 6.11. The molecule has 0 aromatic heterocycles. The molecule has 0 saturated carbocycles. The SMILES string of the molecule is CC(C)[C@H](C)NC(=O)CC[C@H]1CCCO1. The number of nitrogens with one attached hydrogen (secondary N) is 1. The summed E-state index contributed by atoms with van der Waals surface area (Å²) in [5.74, 6) is 0.656. The lowest BCUT2D eigenvalue weighted by molar-refractivity contribution is -0.122. The molecule has 1 heterocycles. The van der Waals surface area contributed by atoms with Crippen LogP contribution < -0.4 is 5.32 Å². The number of hydrogen-bond acceptors (Lipinski definition) is 2. The highest BCUT2D eigenvalue weighted by Crippen LogP contribution is 2.16. The standard InChI is InChI=1S/C12H23NO2/c1-9(2)10(3)13-12(14)7-6-11-5-4-8-15-11/h9-11H,4-8H2,1-3H3,(H,13,14)/t10-,11+/m0/s1. The summed E-state index contributed by atoms with van der Waals surface area (Å²) in [6, 6.07) is 0.266. The molecule has 0 aliphatic carbocycles. The summed E-state index contributed by atoms with van der Waals surface area (Å²) >= 11 is 0. The maximum absolute atomic E-state index is 11.5. The van der Waals surface area contributed by atoms with Gasteiger partial charge in [-0.1, -0.05) is 13.8 Å². The average molecular weight is 213 g/mol. The molecule has 0 spiro atoms. The van der Waals surface area contributed by atoms with Gasteiger partial charge in [-0.15, -0.1) is 0 Å². The number of carbonyl (C=O) groups excluding carboxylic acids is 1. The van der Waals surface area contributed by atoms with Gasteiger partial charge in [-0.2, -0.15) is 0 Å². The molecule has 1 saturated heterocycles. The Bertz CT molecular complexity index is 198. The Morgan fingerprint density at radius 2 is 2.20 bits per heavy atom. The first-order valence-corrected chi connectivity index (χ1v) is 6.00. The van der Waals surface area contributed by atoms with Crippen molar-refractivity contribution in [2.24, 2.45) is 5.92 Å². The van der Waals surface area contributed by atoms with E-state index in [-0.39, 0.29) is 11.9 Å². The van der Waals surface area contributed by atoms with Gasteiger partial charge < -0.3 is 10.1 Å². The summed E-state index contributed by atoms with van der Waals surface area (Å²) in [6.07, 6.45) is 4.06. The van der Waals surface area contributed by atoms with Crippen molar-refractivity contribution in [1.82, 2.24) is 5.32 Å². The van der Waals surface area contributed by atoms with Gasteiger partial charge in [0.1, 0.15) is 0 Å². The largest absolute Gasteiger partial charge is 0.378 e. The number of rotatable bonds is 5. The molecule has 0 bridgehead atoms. The van der Waals surface area contributed by atoms with Crippen LogP contribution in [0.15, 0.2) is 0 Å². The smallest absolute Gasteiger partial charge is 0.220 e. The van der Waals surface area contributed by atoms with Crippen molar-refractivity contribution < 1.29 is 9.53 Å². The van der Waals surface area contributed by atoms with E-state index in [1.54, 1.807) is 0 Å². The summed E-state index contributed by atoms with van der Waals surface area (Å²) in [5.41, 5.74) is 0. The Kier molecular flexibility index (Phi) is 5.09. The number of amides is 1. The number of ether oxygens (including phenoxy) is 1. The molecule has 1 amide bonds. The van der Waals surface area contributed by atoms with Crippen molar-refractivity contribution in [1.29, 1.82) is 0 Å². The molecule has 1 fully saturated rings. The molecule has 3 heteroatoms. The fraction of sp³-hybridized carbons (Fsp3) is 0.917. The van der Waals surface area contributed by atoms with Crippen LogP contribution >= 0.6 is 0 Å². The zero-order valence-corrected chi connectivity index (χ0v) is 10.1. The third-order valence-electron chi connectivity index (χ3n) is 3.11. The molecule has 3 nitrogen and oxygen atoms in total. The predicted molar refractivity (Wildman–Crippen MR) is 60.7 cm³/mol. The summed E-state index contributed by atoms with van der Waals surface area (Å²) < 4.78 is 5.48. The highest BCUT2D eigenvalue weighted by molar-refractivity contribution is 5.76. The first kappa shape index (κ1) is 12.5. The van der Waals surface area contributed by atoms with Gasteiger partial charge in [0.05, 0.1) is 6.10 Å². The van der Waals surface area contributed by atoms with Crippen LogP contribution in [-0.4, -0.2) is 24.7 Å². The van der Waals surface area contributed by atoms with Crippen molar-refractivity contribution >= 4 is 5.91 Å². The van der Waals surface area contributed by atoms with Crippen LogP contribution in [0.2, 0.25) is 0 Å². The highest BCUT2D eigenvalue weighted by Gasteiger charge is 2.17. The van der Waals surface area contributed by atoms with E-state index in [1.165, 1.54) is 0 Å². The van der Waals surface area contributed by atoms with Gasteiger partial charge in [-0.25, -0.2) is 0 Å². The van der Waals surface area contributed by atoms with Gasteiger partial charge in [0.15, 0.2) is 0 Å². The van der Waals surface area contributed by atoms with E-state index in [0.29, 0.717) is 18.4 Å². The van der Waals surface area contributed by atoms with Crippen LogP contribution in [0.4, 0.5) is 0 Å². The van der Waals surface area contributed by atoms with Crippen LogP contribution in [0.25, 0.3) is 0 Å². The van der Waals surface area contributed by atoms with E-state index in [9.17, 15) is 4.79 Å². The second-order valence-corrected chi connectivity index (χ2v) is 4.77. The minimum absolute atomic E-state index is 0.159. The molecule has 1 N–H and O–H groups in total. The average Bonchev–Trinajstić information content (AvgIpc) is 2.66. The van der Waals surface area contributed by atoms with E-state index in [4.69, 9.17) is 4.74 Å². The lowest BCUT2D eigenvalue weighted by Crippen LogP contribution is -2.36. The minimum Gasteiger partial charge on any atom is -0.378 e. The summed E-state index contributed by atoms with van der Waals surface area (Å²) in [5, 5.41) is 3.01. The van der Waals surface area contributed by atoms with Crippen LogP contribution in [0.3, 0.4) is 0 Å². The minimum atomic E-state index is 0.159. The first-order chi connectivity index (χ1) is 7.09. The van der Waals surface area contributed by atoms with Crippen LogP contribution in [0.1, 0.15) is 46.5 Å². The fourth-order valence-electron chi connectivity index (χ4n) is 1.66. The summed E-state index contributed by atoms with van der Waals surface area (Å²) in [7, 11) is 0. The highest BCUT2D eigenvalue weighted by atomic mass is 16.5. The molecule has 0 unspecified atom stereocenters. The number of hydrogen-bond donors (Lipinski definition) is 1.